The highest BCUT2D eigenvalue weighted by Gasteiger charge is 2.58. The molecule has 4 nitrogen and oxygen atoms in total. The van der Waals surface area contributed by atoms with Gasteiger partial charge in [0, 0.05) is 7.05 Å². The Morgan fingerprint density at radius 1 is 1.32 bits per heavy atom. The first-order valence-electron chi connectivity index (χ1n) is 5.44. The molecule has 0 aliphatic carbocycles. The lowest BCUT2D eigenvalue weighted by molar-refractivity contribution is -0.191. The summed E-state index contributed by atoms with van der Waals surface area (Å²) >= 11 is 0. The van der Waals surface area contributed by atoms with E-state index >= 15 is 0 Å². The van der Waals surface area contributed by atoms with Crippen molar-refractivity contribution in [1.82, 2.24) is 10.4 Å². The third-order valence-corrected chi connectivity index (χ3v) is 2.99. The fourth-order valence-corrected chi connectivity index (χ4v) is 2.05. The lowest BCUT2D eigenvalue weighted by Gasteiger charge is -2.32. The molecule has 0 spiro atoms. The second kappa shape index (κ2) is 4.27. The number of hydrogen-bond acceptors (Lipinski definition) is 3. The summed E-state index contributed by atoms with van der Waals surface area (Å²) in [5.41, 5.74) is 4.68. The predicted molar refractivity (Wildman–Crippen MR) is 62.4 cm³/mol. The van der Waals surface area contributed by atoms with Gasteiger partial charge in [0.1, 0.15) is 5.70 Å². The van der Waals surface area contributed by atoms with Crippen LogP contribution in [0.1, 0.15) is 5.56 Å². The zero-order valence-electron chi connectivity index (χ0n) is 10.0. The molecular formula is C12H12F3N3O. The Labute approximate surface area is 107 Å². The molecule has 19 heavy (non-hydrogen) atoms. The van der Waals surface area contributed by atoms with Gasteiger partial charge in [0.05, 0.1) is 0 Å². The zero-order chi connectivity index (χ0) is 14.3. The second-order valence-corrected chi connectivity index (χ2v) is 4.24. The Kier molecular flexibility index (Phi) is 3.01. The molecule has 0 aromatic heterocycles. The van der Waals surface area contributed by atoms with Gasteiger partial charge in [-0.25, -0.2) is 5.43 Å². The van der Waals surface area contributed by atoms with E-state index in [4.69, 9.17) is 5.73 Å². The highest BCUT2D eigenvalue weighted by atomic mass is 19.4. The number of nitrogens with zero attached hydrogens (tertiary/aromatic N) is 1. The van der Waals surface area contributed by atoms with E-state index in [2.05, 4.69) is 5.43 Å². The van der Waals surface area contributed by atoms with E-state index in [1.807, 2.05) is 0 Å². The minimum Gasteiger partial charge on any atom is -0.364 e. The second-order valence-electron chi connectivity index (χ2n) is 4.24. The highest BCUT2D eigenvalue weighted by Crippen LogP contribution is 2.43. The van der Waals surface area contributed by atoms with E-state index < -0.39 is 17.6 Å². The zero-order valence-corrected chi connectivity index (χ0v) is 10.0. The maximum absolute atomic E-state index is 13.4. The molecular weight excluding hydrogens is 259 g/mol. The number of benzene rings is 1. The van der Waals surface area contributed by atoms with Gasteiger partial charge in [-0.2, -0.15) is 13.2 Å². The number of primary amides is 1. The third-order valence-electron chi connectivity index (χ3n) is 2.99. The van der Waals surface area contributed by atoms with Crippen LogP contribution in [0.4, 0.5) is 13.2 Å². The first-order valence-corrected chi connectivity index (χ1v) is 5.44. The van der Waals surface area contributed by atoms with Gasteiger partial charge in [0.2, 0.25) is 0 Å². The summed E-state index contributed by atoms with van der Waals surface area (Å²) in [6.07, 6.45) is -3.80. The van der Waals surface area contributed by atoms with Gasteiger partial charge in [-0.1, -0.05) is 30.3 Å². The van der Waals surface area contributed by atoms with Gasteiger partial charge in [-0.05, 0) is 11.6 Å². The van der Waals surface area contributed by atoms with Gasteiger partial charge in [0.15, 0.2) is 5.54 Å². The maximum atomic E-state index is 13.4. The van der Waals surface area contributed by atoms with Crippen molar-refractivity contribution in [3.8, 4) is 0 Å². The van der Waals surface area contributed by atoms with Crippen LogP contribution in [0.3, 0.4) is 0 Å². The summed E-state index contributed by atoms with van der Waals surface area (Å²) in [7, 11) is 1.31. The maximum Gasteiger partial charge on any atom is 0.416 e. The number of hydrazine groups is 1. The normalized spacial score (nSPS) is 23.4. The number of nitrogens with one attached hydrogen (secondary N) is 1. The number of nitrogens with two attached hydrogens (primary N) is 1. The van der Waals surface area contributed by atoms with Gasteiger partial charge < -0.3 is 10.7 Å². The summed E-state index contributed by atoms with van der Waals surface area (Å²) in [4.78, 5) is 11.2. The number of likely N-dealkylation sites (N-methyl/N-ethyl adjacent to an activating group) is 1. The van der Waals surface area contributed by atoms with Crippen molar-refractivity contribution < 1.29 is 18.0 Å². The molecule has 1 atom stereocenters. The van der Waals surface area contributed by atoms with Crippen LogP contribution in [-0.2, 0) is 10.3 Å². The fourth-order valence-electron chi connectivity index (χ4n) is 2.05. The number of carbonyl (C=O) groups is 1. The lowest BCUT2D eigenvalue weighted by Crippen LogP contribution is -2.53. The first kappa shape index (κ1) is 13.4. The van der Waals surface area contributed by atoms with Gasteiger partial charge >= 0.3 is 6.18 Å². The van der Waals surface area contributed by atoms with E-state index in [0.29, 0.717) is 0 Å². The third kappa shape index (κ3) is 2.06. The number of halogens is 3. The molecule has 0 fully saturated rings. The number of hydrogen-bond donors (Lipinski definition) is 2. The molecule has 0 saturated heterocycles. The van der Waals surface area contributed by atoms with Crippen LogP contribution in [0, 0.1) is 0 Å². The van der Waals surface area contributed by atoms with Gasteiger partial charge in [0.25, 0.3) is 5.91 Å². The molecule has 1 unspecified atom stereocenters. The molecule has 1 aromatic rings. The van der Waals surface area contributed by atoms with Crippen molar-refractivity contribution in [2.45, 2.75) is 11.7 Å². The predicted octanol–water partition coefficient (Wildman–Crippen LogP) is 1.26. The molecule has 1 aliphatic rings. The monoisotopic (exact) mass is 271 g/mol. The van der Waals surface area contributed by atoms with E-state index in [1.165, 1.54) is 31.3 Å². The Balaban J connectivity index is 2.61. The first-order chi connectivity index (χ1) is 8.78. The van der Waals surface area contributed by atoms with Crippen LogP contribution < -0.4 is 11.2 Å². The van der Waals surface area contributed by atoms with Crippen LogP contribution in [0.2, 0.25) is 0 Å². The van der Waals surface area contributed by atoms with E-state index in [1.54, 1.807) is 6.07 Å². The van der Waals surface area contributed by atoms with E-state index in [-0.39, 0.29) is 11.3 Å². The molecule has 0 saturated carbocycles. The van der Waals surface area contributed by atoms with Crippen LogP contribution >= 0.6 is 0 Å². The Morgan fingerprint density at radius 2 is 1.89 bits per heavy atom. The fraction of sp³-hybridized carbons (Fsp3) is 0.250. The van der Waals surface area contributed by atoms with Crippen LogP contribution in [0.15, 0.2) is 42.1 Å². The van der Waals surface area contributed by atoms with Crippen molar-refractivity contribution in [3.05, 3.63) is 47.7 Å². The average Bonchev–Trinajstić information content (AvgIpc) is 2.69. The molecule has 0 radical (unpaired) electrons. The quantitative estimate of drug-likeness (QED) is 0.851. The number of alkyl halides is 3. The lowest BCUT2D eigenvalue weighted by atomic mass is 9.89. The molecule has 3 N–H and O–H groups in total. The standard InChI is InChI=1S/C12H12F3N3O/c1-18-9(10(16)19)7-11(17-18,12(13,14)15)8-5-3-2-4-6-8/h2-7,17H,1H3,(H2,16,19). The summed E-state index contributed by atoms with van der Waals surface area (Å²) in [5, 5.41) is 0.989. The van der Waals surface area contributed by atoms with Gasteiger partial charge in [-0.3, -0.25) is 4.79 Å². The molecule has 1 heterocycles. The summed E-state index contributed by atoms with van der Waals surface area (Å²) in [6, 6.07) is 7.30. The Hall–Kier alpha value is -2.02. The number of carbonyl (C=O) groups excluding carboxylic acids is 1. The Bertz CT molecular complexity index is 527. The minimum absolute atomic E-state index is 0.00870. The van der Waals surface area contributed by atoms with Crippen LogP contribution in [-0.4, -0.2) is 24.1 Å². The van der Waals surface area contributed by atoms with Crippen molar-refractivity contribution in [2.24, 2.45) is 5.73 Å². The smallest absolute Gasteiger partial charge is 0.364 e. The van der Waals surface area contributed by atoms with E-state index in [0.717, 1.165) is 11.1 Å². The topological polar surface area (TPSA) is 58.4 Å². The van der Waals surface area contributed by atoms with Crippen molar-refractivity contribution >= 4 is 5.91 Å². The largest absolute Gasteiger partial charge is 0.416 e. The molecule has 102 valence electrons. The highest BCUT2D eigenvalue weighted by molar-refractivity contribution is 5.92. The van der Waals surface area contributed by atoms with Gasteiger partial charge in [-0.15, -0.1) is 0 Å². The summed E-state index contributed by atoms with van der Waals surface area (Å²) in [6.45, 7) is 0. The van der Waals surface area contributed by atoms with Crippen LogP contribution in [0.5, 0.6) is 0 Å². The Morgan fingerprint density at radius 3 is 2.32 bits per heavy atom. The molecule has 0 bridgehead atoms. The summed E-state index contributed by atoms with van der Waals surface area (Å²) < 4.78 is 40.3. The van der Waals surface area contributed by atoms with Crippen molar-refractivity contribution in [1.29, 1.82) is 0 Å². The molecule has 7 heteroatoms. The van der Waals surface area contributed by atoms with Crippen LogP contribution in [0.25, 0.3) is 0 Å². The SMILES string of the molecule is CN1NC(c2ccccc2)(C(F)(F)F)C=C1C(N)=O. The van der Waals surface area contributed by atoms with Crippen molar-refractivity contribution in [3.63, 3.8) is 0 Å². The summed E-state index contributed by atoms with van der Waals surface area (Å²) in [5.74, 6) is -0.919. The number of amides is 1. The molecule has 1 aromatic carbocycles. The molecule has 1 aliphatic heterocycles. The average molecular weight is 271 g/mol. The van der Waals surface area contributed by atoms with E-state index in [9.17, 15) is 18.0 Å². The molecule has 2 rings (SSSR count). The van der Waals surface area contributed by atoms with Crippen molar-refractivity contribution in [2.75, 3.05) is 7.05 Å². The number of rotatable bonds is 2. The minimum atomic E-state index is -4.61. The molecule has 1 amide bonds.